The lowest BCUT2D eigenvalue weighted by atomic mass is 10.0. The number of carbonyl (C=O) groups excluding carboxylic acids is 1. The van der Waals surface area contributed by atoms with E-state index in [0.717, 1.165) is 38.5 Å². The molecule has 4 N–H and O–H groups in total. The van der Waals surface area contributed by atoms with E-state index >= 15 is 0 Å². The molecule has 0 heterocycles. The van der Waals surface area contributed by atoms with Gasteiger partial charge < -0.3 is 15.5 Å². The van der Waals surface area contributed by atoms with Crippen molar-refractivity contribution in [2.24, 2.45) is 0 Å². The fourth-order valence-electron chi connectivity index (χ4n) is 7.11. The topological polar surface area (TPSA) is 124 Å². The van der Waals surface area contributed by atoms with Gasteiger partial charge in [0.05, 0.1) is 17.9 Å². The standard InChI is InChI=1S/C44H87NO6S/c1-3-5-7-9-11-13-15-17-19-20-21-22-23-24-25-27-28-30-32-34-36-38-42(46)41(40-52(49,50)51)45-44(48)43(47)39-37-35-33-31-29-26-18-16-14-12-10-8-6-4-2/h36,38,41-43,46-47H,3-35,37,39-40H2,1-2H3,(H,45,48)(H,49,50,51)/b38-36+. The summed E-state index contributed by atoms with van der Waals surface area (Å²) in [6.45, 7) is 4.52. The van der Waals surface area contributed by atoms with Crippen LogP contribution in [0.15, 0.2) is 12.2 Å². The molecule has 0 aliphatic rings. The molecule has 0 aliphatic carbocycles. The van der Waals surface area contributed by atoms with E-state index in [2.05, 4.69) is 19.2 Å². The minimum absolute atomic E-state index is 0.286. The predicted molar refractivity (Wildman–Crippen MR) is 222 cm³/mol. The first-order valence-corrected chi connectivity index (χ1v) is 24.1. The largest absolute Gasteiger partial charge is 0.387 e. The van der Waals surface area contributed by atoms with E-state index in [1.165, 1.54) is 179 Å². The van der Waals surface area contributed by atoms with Crippen molar-refractivity contribution in [3.8, 4) is 0 Å². The molecule has 0 saturated heterocycles. The Morgan fingerprint density at radius 1 is 0.519 bits per heavy atom. The van der Waals surface area contributed by atoms with Gasteiger partial charge in [0.25, 0.3) is 10.1 Å². The van der Waals surface area contributed by atoms with Crippen LogP contribution in [0.3, 0.4) is 0 Å². The van der Waals surface area contributed by atoms with Crippen molar-refractivity contribution in [2.75, 3.05) is 5.75 Å². The van der Waals surface area contributed by atoms with Crippen molar-refractivity contribution < 1.29 is 28.0 Å². The van der Waals surface area contributed by atoms with Crippen molar-refractivity contribution >= 4 is 16.0 Å². The second kappa shape index (κ2) is 38.3. The number of unbranched alkanes of at least 4 members (excludes halogenated alkanes) is 32. The Morgan fingerprint density at radius 2 is 0.827 bits per heavy atom. The van der Waals surface area contributed by atoms with Crippen molar-refractivity contribution in [3.05, 3.63) is 12.2 Å². The molecule has 0 fully saturated rings. The first kappa shape index (κ1) is 51.0. The first-order valence-electron chi connectivity index (χ1n) is 22.5. The summed E-state index contributed by atoms with van der Waals surface area (Å²) in [5.74, 6) is -1.52. The summed E-state index contributed by atoms with van der Waals surface area (Å²) < 4.78 is 32.6. The van der Waals surface area contributed by atoms with Crippen molar-refractivity contribution in [2.45, 2.75) is 257 Å². The average molecular weight is 758 g/mol. The molecule has 0 rings (SSSR count). The monoisotopic (exact) mass is 758 g/mol. The Hall–Kier alpha value is -0.960. The SMILES string of the molecule is CCCCCCCCCCCCCCCCCCCCC/C=C/C(O)C(CS(=O)(=O)O)NC(=O)C(O)CCCCCCCCCCCCCCCC. The average Bonchev–Trinajstić information content (AvgIpc) is 3.11. The van der Waals surface area contributed by atoms with Gasteiger partial charge in [-0.05, 0) is 19.3 Å². The summed E-state index contributed by atoms with van der Waals surface area (Å²) in [7, 11) is -4.44. The normalized spacial score (nSPS) is 13.9. The number of hydrogen-bond acceptors (Lipinski definition) is 5. The van der Waals surface area contributed by atoms with Gasteiger partial charge in [0.15, 0.2) is 0 Å². The van der Waals surface area contributed by atoms with Crippen LogP contribution in [0.1, 0.15) is 239 Å². The van der Waals surface area contributed by atoms with Crippen LogP contribution in [0, 0.1) is 0 Å². The molecule has 310 valence electrons. The molecule has 0 saturated carbocycles. The minimum atomic E-state index is -4.44. The van der Waals surface area contributed by atoms with E-state index in [0.29, 0.717) is 6.42 Å². The van der Waals surface area contributed by atoms with Gasteiger partial charge >= 0.3 is 0 Å². The van der Waals surface area contributed by atoms with E-state index in [-0.39, 0.29) is 6.42 Å². The van der Waals surface area contributed by atoms with Crippen LogP contribution in [0.5, 0.6) is 0 Å². The summed E-state index contributed by atoms with van der Waals surface area (Å²) in [6, 6.07) is -1.23. The third kappa shape index (κ3) is 37.4. The van der Waals surface area contributed by atoms with Gasteiger partial charge in [-0.2, -0.15) is 8.42 Å². The number of nitrogens with one attached hydrogen (secondary N) is 1. The number of hydrogen-bond donors (Lipinski definition) is 4. The number of aliphatic hydroxyl groups is 2. The first-order chi connectivity index (χ1) is 25.2. The third-order valence-corrected chi connectivity index (χ3v) is 11.4. The molecule has 0 aromatic heterocycles. The lowest BCUT2D eigenvalue weighted by Gasteiger charge is -2.22. The van der Waals surface area contributed by atoms with Crippen LogP contribution in [-0.4, -0.2) is 53.1 Å². The molecule has 1 amide bonds. The molecule has 3 atom stereocenters. The van der Waals surface area contributed by atoms with Gasteiger partial charge in [0, 0.05) is 0 Å². The summed E-state index contributed by atoms with van der Waals surface area (Å²) >= 11 is 0. The molecule has 0 spiro atoms. The highest BCUT2D eigenvalue weighted by molar-refractivity contribution is 7.85. The maximum Gasteiger partial charge on any atom is 0.267 e. The number of aliphatic hydroxyl groups excluding tert-OH is 2. The second-order valence-corrected chi connectivity index (χ2v) is 17.3. The maximum absolute atomic E-state index is 12.6. The van der Waals surface area contributed by atoms with Gasteiger partial charge in [-0.25, -0.2) is 0 Å². The molecule has 7 nitrogen and oxygen atoms in total. The summed E-state index contributed by atoms with van der Waals surface area (Å²) in [6.07, 6.45) is 44.1. The van der Waals surface area contributed by atoms with Gasteiger partial charge in [-0.15, -0.1) is 0 Å². The fraction of sp³-hybridized carbons (Fsp3) is 0.932. The highest BCUT2D eigenvalue weighted by atomic mass is 32.2. The highest BCUT2D eigenvalue weighted by Gasteiger charge is 2.27. The van der Waals surface area contributed by atoms with E-state index < -0.39 is 40.0 Å². The predicted octanol–water partition coefficient (Wildman–Crippen LogP) is 12.3. The van der Waals surface area contributed by atoms with Crippen molar-refractivity contribution in [1.82, 2.24) is 5.32 Å². The third-order valence-electron chi connectivity index (χ3n) is 10.6. The van der Waals surface area contributed by atoms with Gasteiger partial charge in [0.1, 0.15) is 6.10 Å². The molecule has 52 heavy (non-hydrogen) atoms. The van der Waals surface area contributed by atoms with Crippen LogP contribution in [0.25, 0.3) is 0 Å². The zero-order valence-electron chi connectivity index (χ0n) is 34.3. The lowest BCUT2D eigenvalue weighted by Crippen LogP contribution is -2.50. The smallest absolute Gasteiger partial charge is 0.267 e. The van der Waals surface area contributed by atoms with Crippen molar-refractivity contribution in [1.29, 1.82) is 0 Å². The van der Waals surface area contributed by atoms with Crippen LogP contribution >= 0.6 is 0 Å². The Balaban J connectivity index is 3.94. The molecule has 0 aromatic rings. The lowest BCUT2D eigenvalue weighted by molar-refractivity contribution is -0.130. The van der Waals surface area contributed by atoms with E-state index in [9.17, 15) is 28.0 Å². The number of allylic oxidation sites excluding steroid dienone is 1. The van der Waals surface area contributed by atoms with Crippen LogP contribution in [0.4, 0.5) is 0 Å². The maximum atomic E-state index is 12.6. The Morgan fingerprint density at radius 3 is 1.15 bits per heavy atom. The zero-order valence-corrected chi connectivity index (χ0v) is 35.1. The Bertz CT molecular complexity index is 895. The Labute approximate surface area is 323 Å². The van der Waals surface area contributed by atoms with Crippen LogP contribution in [0.2, 0.25) is 0 Å². The summed E-state index contributed by atoms with van der Waals surface area (Å²) in [4.78, 5) is 12.6. The molecule has 0 aliphatic heterocycles. The van der Waals surface area contributed by atoms with E-state index in [1.807, 2.05) is 6.08 Å². The van der Waals surface area contributed by atoms with E-state index in [4.69, 9.17) is 0 Å². The number of amides is 1. The van der Waals surface area contributed by atoms with Crippen LogP contribution < -0.4 is 5.32 Å². The molecule has 0 aromatic carbocycles. The second-order valence-electron chi connectivity index (χ2n) is 15.8. The molecular weight excluding hydrogens is 671 g/mol. The molecule has 3 unspecified atom stereocenters. The van der Waals surface area contributed by atoms with Gasteiger partial charge in [0.2, 0.25) is 5.91 Å². The number of rotatable bonds is 41. The van der Waals surface area contributed by atoms with Gasteiger partial charge in [-0.3, -0.25) is 9.35 Å². The molecule has 0 radical (unpaired) electrons. The fourth-order valence-corrected chi connectivity index (χ4v) is 7.84. The van der Waals surface area contributed by atoms with E-state index in [1.54, 1.807) is 0 Å². The molecule has 0 bridgehead atoms. The van der Waals surface area contributed by atoms with Crippen LogP contribution in [-0.2, 0) is 14.9 Å². The summed E-state index contributed by atoms with van der Waals surface area (Å²) in [5.41, 5.74) is 0. The zero-order chi connectivity index (χ0) is 38.4. The van der Waals surface area contributed by atoms with Gasteiger partial charge in [-0.1, -0.05) is 231 Å². The quantitative estimate of drug-likeness (QED) is 0.0280. The molecule has 8 heteroatoms. The van der Waals surface area contributed by atoms with Crippen molar-refractivity contribution in [3.63, 3.8) is 0 Å². The molecular formula is C44H87NO6S. The summed E-state index contributed by atoms with van der Waals surface area (Å²) in [5, 5.41) is 23.4. The number of carbonyl (C=O) groups is 1. The minimum Gasteiger partial charge on any atom is -0.387 e. The highest BCUT2D eigenvalue weighted by Crippen LogP contribution is 2.16. The Kier molecular flexibility index (Phi) is 37.6.